The molecule has 2 heterocycles. The van der Waals surface area contributed by atoms with Gasteiger partial charge in [0.05, 0.1) is 6.26 Å². The zero-order chi connectivity index (χ0) is 10.7. The predicted octanol–water partition coefficient (Wildman–Crippen LogP) is 2.23. The fourth-order valence-corrected chi connectivity index (χ4v) is 1.55. The van der Waals surface area contributed by atoms with Crippen LogP contribution in [0, 0.1) is 6.92 Å². The molecule has 0 spiro atoms. The van der Waals surface area contributed by atoms with Crippen molar-refractivity contribution in [3.63, 3.8) is 0 Å². The van der Waals surface area contributed by atoms with Crippen LogP contribution in [0.25, 0.3) is 0 Å². The van der Waals surface area contributed by atoms with Crippen LogP contribution in [0.2, 0.25) is 0 Å². The van der Waals surface area contributed by atoms with E-state index in [0.717, 1.165) is 17.7 Å². The van der Waals surface area contributed by atoms with Gasteiger partial charge < -0.3 is 10.2 Å². The van der Waals surface area contributed by atoms with Crippen LogP contribution in [0.3, 0.4) is 0 Å². The maximum atomic E-state index is 6.06. The van der Waals surface area contributed by atoms with Gasteiger partial charge in [0.25, 0.3) is 0 Å². The molecule has 78 valence electrons. The van der Waals surface area contributed by atoms with Crippen LogP contribution in [0.1, 0.15) is 22.9 Å². The van der Waals surface area contributed by atoms with E-state index in [1.165, 1.54) is 5.56 Å². The van der Waals surface area contributed by atoms with Crippen molar-refractivity contribution in [3.05, 3.63) is 53.7 Å². The van der Waals surface area contributed by atoms with E-state index >= 15 is 0 Å². The molecule has 0 amide bonds. The largest absolute Gasteiger partial charge is 0.469 e. The van der Waals surface area contributed by atoms with Crippen molar-refractivity contribution < 1.29 is 4.42 Å². The van der Waals surface area contributed by atoms with Crippen molar-refractivity contribution in [1.82, 2.24) is 4.98 Å². The molecule has 2 aromatic heterocycles. The zero-order valence-corrected chi connectivity index (χ0v) is 8.68. The summed E-state index contributed by atoms with van der Waals surface area (Å²) in [6.45, 7) is 1.92. The van der Waals surface area contributed by atoms with E-state index in [0.29, 0.717) is 0 Å². The number of rotatable bonds is 3. The first kappa shape index (κ1) is 9.93. The second kappa shape index (κ2) is 4.28. The average Bonchev–Trinajstić information content (AvgIpc) is 2.66. The lowest BCUT2D eigenvalue weighted by atomic mass is 10.0. The van der Waals surface area contributed by atoms with E-state index in [-0.39, 0.29) is 6.04 Å². The predicted molar refractivity (Wildman–Crippen MR) is 58.3 cm³/mol. The van der Waals surface area contributed by atoms with E-state index in [1.54, 1.807) is 18.7 Å². The van der Waals surface area contributed by atoms with Crippen molar-refractivity contribution >= 4 is 0 Å². The van der Waals surface area contributed by atoms with Gasteiger partial charge in [0.15, 0.2) is 0 Å². The SMILES string of the molecule is Cc1cc(C(N)Cc2ccncc2)co1. The summed E-state index contributed by atoms with van der Waals surface area (Å²) in [6.07, 6.45) is 6.09. The van der Waals surface area contributed by atoms with E-state index < -0.39 is 0 Å². The summed E-state index contributed by atoms with van der Waals surface area (Å²) >= 11 is 0. The van der Waals surface area contributed by atoms with Gasteiger partial charge in [0.2, 0.25) is 0 Å². The molecule has 0 saturated carbocycles. The third kappa shape index (κ3) is 2.44. The molecule has 15 heavy (non-hydrogen) atoms. The molecule has 0 aliphatic carbocycles. The van der Waals surface area contributed by atoms with Crippen LogP contribution < -0.4 is 5.73 Å². The topological polar surface area (TPSA) is 52.0 Å². The first-order valence-electron chi connectivity index (χ1n) is 4.95. The Hall–Kier alpha value is -1.61. The fourth-order valence-electron chi connectivity index (χ4n) is 1.55. The highest BCUT2D eigenvalue weighted by Crippen LogP contribution is 2.17. The van der Waals surface area contributed by atoms with Crippen LogP contribution in [0.4, 0.5) is 0 Å². The Morgan fingerprint density at radius 2 is 2.13 bits per heavy atom. The van der Waals surface area contributed by atoms with Crippen LogP contribution in [-0.4, -0.2) is 4.98 Å². The van der Waals surface area contributed by atoms with Gasteiger partial charge in [-0.05, 0) is 37.1 Å². The van der Waals surface area contributed by atoms with Crippen LogP contribution in [-0.2, 0) is 6.42 Å². The minimum Gasteiger partial charge on any atom is -0.469 e. The molecule has 2 N–H and O–H groups in total. The van der Waals surface area contributed by atoms with Crippen molar-refractivity contribution in [2.24, 2.45) is 5.73 Å². The number of furan rings is 1. The molecule has 0 aromatic carbocycles. The average molecular weight is 202 g/mol. The maximum absolute atomic E-state index is 6.06. The Balaban J connectivity index is 2.07. The van der Waals surface area contributed by atoms with Crippen molar-refractivity contribution in [3.8, 4) is 0 Å². The lowest BCUT2D eigenvalue weighted by molar-refractivity contribution is 0.528. The summed E-state index contributed by atoms with van der Waals surface area (Å²) in [4.78, 5) is 3.97. The van der Waals surface area contributed by atoms with Crippen LogP contribution >= 0.6 is 0 Å². The van der Waals surface area contributed by atoms with Gasteiger partial charge in [-0.1, -0.05) is 0 Å². The quantitative estimate of drug-likeness (QED) is 0.830. The molecule has 3 heteroatoms. The molecular weight excluding hydrogens is 188 g/mol. The molecule has 1 unspecified atom stereocenters. The lowest BCUT2D eigenvalue weighted by Gasteiger charge is -2.08. The Morgan fingerprint density at radius 1 is 1.40 bits per heavy atom. The number of pyridine rings is 1. The summed E-state index contributed by atoms with van der Waals surface area (Å²) in [5, 5.41) is 0. The van der Waals surface area contributed by atoms with Crippen molar-refractivity contribution in [2.45, 2.75) is 19.4 Å². The monoisotopic (exact) mass is 202 g/mol. The Kier molecular flexibility index (Phi) is 2.83. The van der Waals surface area contributed by atoms with Gasteiger partial charge >= 0.3 is 0 Å². The van der Waals surface area contributed by atoms with Gasteiger partial charge in [-0.25, -0.2) is 0 Å². The number of hydrogen-bond donors (Lipinski definition) is 1. The lowest BCUT2D eigenvalue weighted by Crippen LogP contribution is -2.12. The smallest absolute Gasteiger partial charge is 0.101 e. The number of nitrogens with two attached hydrogens (primary N) is 1. The molecule has 0 saturated heterocycles. The Morgan fingerprint density at radius 3 is 2.73 bits per heavy atom. The molecule has 1 atom stereocenters. The van der Waals surface area contributed by atoms with Crippen molar-refractivity contribution in [2.75, 3.05) is 0 Å². The minimum absolute atomic E-state index is 0.00940. The highest BCUT2D eigenvalue weighted by molar-refractivity contribution is 5.20. The van der Waals surface area contributed by atoms with Crippen molar-refractivity contribution in [1.29, 1.82) is 0 Å². The van der Waals surface area contributed by atoms with Gasteiger partial charge in [0.1, 0.15) is 5.76 Å². The number of nitrogens with zero attached hydrogens (tertiary/aromatic N) is 1. The zero-order valence-electron chi connectivity index (χ0n) is 8.68. The number of aromatic nitrogens is 1. The van der Waals surface area contributed by atoms with Gasteiger partial charge in [-0.3, -0.25) is 4.98 Å². The van der Waals surface area contributed by atoms with Crippen LogP contribution in [0.5, 0.6) is 0 Å². The maximum Gasteiger partial charge on any atom is 0.101 e. The molecule has 0 fully saturated rings. The van der Waals surface area contributed by atoms with Crippen LogP contribution in [0.15, 0.2) is 41.3 Å². The van der Waals surface area contributed by atoms with E-state index in [2.05, 4.69) is 4.98 Å². The van der Waals surface area contributed by atoms with Gasteiger partial charge in [0, 0.05) is 24.0 Å². The fraction of sp³-hybridized carbons (Fsp3) is 0.250. The molecule has 0 aliphatic rings. The molecule has 2 aromatic rings. The normalized spacial score (nSPS) is 12.7. The van der Waals surface area contributed by atoms with E-state index in [1.807, 2.05) is 25.1 Å². The molecule has 0 radical (unpaired) electrons. The van der Waals surface area contributed by atoms with Gasteiger partial charge in [-0.15, -0.1) is 0 Å². The second-order valence-corrected chi connectivity index (χ2v) is 3.66. The molecular formula is C12H14N2O. The highest BCUT2D eigenvalue weighted by atomic mass is 16.3. The molecule has 3 nitrogen and oxygen atoms in total. The van der Waals surface area contributed by atoms with Gasteiger partial charge in [-0.2, -0.15) is 0 Å². The van der Waals surface area contributed by atoms with E-state index in [4.69, 9.17) is 10.2 Å². The highest BCUT2D eigenvalue weighted by Gasteiger charge is 2.09. The minimum atomic E-state index is -0.00940. The second-order valence-electron chi connectivity index (χ2n) is 3.66. The molecule has 0 bridgehead atoms. The first-order valence-corrected chi connectivity index (χ1v) is 4.95. The molecule has 2 rings (SSSR count). The molecule has 0 aliphatic heterocycles. The summed E-state index contributed by atoms with van der Waals surface area (Å²) in [5.41, 5.74) is 8.30. The summed E-state index contributed by atoms with van der Waals surface area (Å²) < 4.78 is 5.23. The summed E-state index contributed by atoms with van der Waals surface area (Å²) in [5.74, 6) is 0.898. The third-order valence-corrected chi connectivity index (χ3v) is 2.38. The summed E-state index contributed by atoms with van der Waals surface area (Å²) in [6, 6.07) is 5.93. The Labute approximate surface area is 88.9 Å². The Bertz CT molecular complexity index is 422. The third-order valence-electron chi connectivity index (χ3n) is 2.38. The summed E-state index contributed by atoms with van der Waals surface area (Å²) in [7, 11) is 0. The number of hydrogen-bond acceptors (Lipinski definition) is 3. The number of aryl methyl sites for hydroxylation is 1. The first-order chi connectivity index (χ1) is 7.25. The van der Waals surface area contributed by atoms with E-state index in [9.17, 15) is 0 Å². The standard InChI is InChI=1S/C12H14N2O/c1-9-6-11(8-15-9)12(13)7-10-2-4-14-5-3-10/h2-6,8,12H,7,13H2,1H3.